The fourth-order valence-electron chi connectivity index (χ4n) is 5.69. The molecule has 0 unspecified atom stereocenters. The smallest absolute Gasteiger partial charge is 0.0715 e. The molecule has 1 heterocycles. The van der Waals surface area contributed by atoms with Crippen molar-refractivity contribution in [3.8, 4) is 55.9 Å². The molecule has 5 aromatic carbocycles. The molecule has 0 fully saturated rings. The van der Waals surface area contributed by atoms with Crippen LogP contribution in [0.15, 0.2) is 164 Å². The highest BCUT2D eigenvalue weighted by Gasteiger charge is 2.11. The molecule has 1 aromatic heterocycles. The number of allylic oxidation sites excluding steroid dienone is 5. The van der Waals surface area contributed by atoms with Crippen molar-refractivity contribution in [1.29, 1.82) is 0 Å². The number of benzene rings is 5. The first kappa shape index (κ1) is 30.9. The van der Waals surface area contributed by atoms with Gasteiger partial charge in [-0.05, 0) is 93.9 Å². The number of hydrogen-bond acceptors (Lipinski definition) is 4. The molecule has 5 N–H and O–H groups in total. The summed E-state index contributed by atoms with van der Waals surface area (Å²) in [5.41, 5.74) is 27.3. The van der Waals surface area contributed by atoms with Crippen LogP contribution in [0.25, 0.3) is 61.5 Å². The van der Waals surface area contributed by atoms with Gasteiger partial charge in [-0.15, -0.1) is 0 Å². The second-order valence-electron chi connectivity index (χ2n) is 11.6. The lowest BCUT2D eigenvalue weighted by Gasteiger charge is -2.12. The maximum atomic E-state index is 6.05. The van der Waals surface area contributed by atoms with Crippen molar-refractivity contribution >= 4 is 16.9 Å². The summed E-state index contributed by atoms with van der Waals surface area (Å²) in [4.78, 5) is 5.18. The second-order valence-corrected chi connectivity index (χ2v) is 11.6. The monoisotopic (exact) mass is 610 g/mol. The quantitative estimate of drug-likeness (QED) is 0.112. The van der Waals surface area contributed by atoms with Crippen LogP contribution in [0.5, 0.6) is 0 Å². The predicted octanol–water partition coefficient (Wildman–Crippen LogP) is 10.5. The van der Waals surface area contributed by atoms with Gasteiger partial charge in [0, 0.05) is 35.2 Å². The Kier molecular flexibility index (Phi) is 9.12. The maximum Gasteiger partial charge on any atom is 0.0715 e. The summed E-state index contributed by atoms with van der Waals surface area (Å²) in [5, 5.41) is 3.23. The summed E-state index contributed by atoms with van der Waals surface area (Å²) >= 11 is 0. The van der Waals surface area contributed by atoms with Crippen LogP contribution in [-0.2, 0) is 0 Å². The average Bonchev–Trinajstić information content (AvgIpc) is 3.11. The Morgan fingerprint density at radius 1 is 0.617 bits per heavy atom. The Hall–Kier alpha value is -6.13. The van der Waals surface area contributed by atoms with Gasteiger partial charge in [0.05, 0.1) is 11.4 Å². The molecule has 4 heteroatoms. The van der Waals surface area contributed by atoms with E-state index in [1.54, 1.807) is 6.08 Å². The Morgan fingerprint density at radius 3 is 1.66 bits per heavy atom. The standard InChI is InChI=1S/C43H38N4/c1-4-7-36(24-29(2)44)30-16-20-34(21-17-30)42-27-39(33-14-12-31(13-15-33)37-8-5-10-40(45)25-37)28-43(47-42)35-22-18-32(19-23-35)38-9-6-11-41(26-38)46-3/h4-28,46H,1,44-45H2,2-3H3/b29-24+,36-7+. The molecular weight excluding hydrogens is 573 g/mol. The summed E-state index contributed by atoms with van der Waals surface area (Å²) in [6, 6.07) is 46.4. The van der Waals surface area contributed by atoms with E-state index in [0.29, 0.717) is 0 Å². The van der Waals surface area contributed by atoms with Crippen LogP contribution in [0.3, 0.4) is 0 Å². The molecule has 0 atom stereocenters. The average molecular weight is 611 g/mol. The zero-order valence-corrected chi connectivity index (χ0v) is 26.7. The summed E-state index contributed by atoms with van der Waals surface area (Å²) in [7, 11) is 1.94. The van der Waals surface area contributed by atoms with Crippen LogP contribution in [0.1, 0.15) is 12.5 Å². The van der Waals surface area contributed by atoms with Crippen molar-refractivity contribution in [3.05, 3.63) is 170 Å². The Labute approximate surface area is 277 Å². The third kappa shape index (κ3) is 7.24. The Balaban J connectivity index is 1.41. The topological polar surface area (TPSA) is 77.0 Å². The molecule has 230 valence electrons. The Morgan fingerprint density at radius 2 is 1.13 bits per heavy atom. The van der Waals surface area contributed by atoms with Crippen molar-refractivity contribution in [3.63, 3.8) is 0 Å². The molecule has 0 amide bonds. The van der Waals surface area contributed by atoms with Gasteiger partial charge in [0.1, 0.15) is 0 Å². The van der Waals surface area contributed by atoms with Gasteiger partial charge in [0.15, 0.2) is 0 Å². The van der Waals surface area contributed by atoms with E-state index in [-0.39, 0.29) is 0 Å². The van der Waals surface area contributed by atoms with Crippen LogP contribution >= 0.6 is 0 Å². The fraction of sp³-hybridized carbons (Fsp3) is 0.0465. The fourth-order valence-corrected chi connectivity index (χ4v) is 5.69. The van der Waals surface area contributed by atoms with E-state index in [0.717, 1.165) is 84.1 Å². The third-order valence-corrected chi connectivity index (χ3v) is 8.12. The summed E-state index contributed by atoms with van der Waals surface area (Å²) in [6.45, 7) is 5.75. The van der Waals surface area contributed by atoms with Crippen molar-refractivity contribution in [2.24, 2.45) is 5.73 Å². The van der Waals surface area contributed by atoms with Crippen molar-refractivity contribution in [2.75, 3.05) is 18.1 Å². The number of nitrogens with two attached hydrogens (primary N) is 2. The molecule has 0 aliphatic rings. The van der Waals surface area contributed by atoms with E-state index in [9.17, 15) is 0 Å². The molecule has 0 bridgehead atoms. The van der Waals surface area contributed by atoms with Gasteiger partial charge in [0.2, 0.25) is 0 Å². The lowest BCUT2D eigenvalue weighted by molar-refractivity contribution is 1.31. The van der Waals surface area contributed by atoms with Crippen LogP contribution in [0.2, 0.25) is 0 Å². The number of hydrogen-bond donors (Lipinski definition) is 3. The first-order chi connectivity index (χ1) is 22.9. The van der Waals surface area contributed by atoms with Crippen LogP contribution in [-0.4, -0.2) is 12.0 Å². The predicted molar refractivity (Wildman–Crippen MR) is 201 cm³/mol. The van der Waals surface area contributed by atoms with Gasteiger partial charge in [-0.2, -0.15) is 0 Å². The van der Waals surface area contributed by atoms with Gasteiger partial charge in [-0.3, -0.25) is 0 Å². The first-order valence-electron chi connectivity index (χ1n) is 15.6. The molecule has 0 radical (unpaired) electrons. The highest BCUT2D eigenvalue weighted by molar-refractivity contribution is 5.81. The lowest BCUT2D eigenvalue weighted by atomic mass is 9.96. The van der Waals surface area contributed by atoms with Crippen LogP contribution in [0, 0.1) is 0 Å². The SMILES string of the molecule is C=C/C=C(\C=C(/C)N)c1ccc(-c2cc(-c3ccc(-c4cccc(N)c4)cc3)cc(-c3ccc(-c4cccc(NC)c4)cc3)n2)cc1. The minimum absolute atomic E-state index is 0.740. The molecule has 0 saturated carbocycles. The molecule has 6 rings (SSSR count). The van der Waals surface area contributed by atoms with Crippen molar-refractivity contribution in [2.45, 2.75) is 6.92 Å². The largest absolute Gasteiger partial charge is 0.402 e. The van der Waals surface area contributed by atoms with E-state index in [4.69, 9.17) is 16.5 Å². The number of nitrogens with one attached hydrogen (secondary N) is 1. The third-order valence-electron chi connectivity index (χ3n) is 8.12. The maximum absolute atomic E-state index is 6.05. The summed E-state index contributed by atoms with van der Waals surface area (Å²) in [5.74, 6) is 0. The number of pyridine rings is 1. The summed E-state index contributed by atoms with van der Waals surface area (Å²) < 4.78 is 0. The van der Waals surface area contributed by atoms with E-state index in [2.05, 4.69) is 127 Å². The van der Waals surface area contributed by atoms with E-state index in [1.807, 2.05) is 44.3 Å². The molecule has 0 aliphatic carbocycles. The van der Waals surface area contributed by atoms with Gasteiger partial charge >= 0.3 is 0 Å². The second kappa shape index (κ2) is 13.9. The normalized spacial score (nSPS) is 11.7. The van der Waals surface area contributed by atoms with E-state index in [1.165, 1.54) is 0 Å². The molecule has 47 heavy (non-hydrogen) atoms. The minimum atomic E-state index is 0.740. The Bertz CT molecular complexity index is 2080. The number of aromatic nitrogens is 1. The number of anilines is 2. The number of nitrogen functional groups attached to an aromatic ring is 1. The molecule has 0 saturated heterocycles. The first-order valence-corrected chi connectivity index (χ1v) is 15.6. The van der Waals surface area contributed by atoms with Gasteiger partial charge in [0.25, 0.3) is 0 Å². The van der Waals surface area contributed by atoms with Gasteiger partial charge < -0.3 is 16.8 Å². The lowest BCUT2D eigenvalue weighted by Crippen LogP contribution is -1.93. The number of rotatable bonds is 9. The molecule has 4 nitrogen and oxygen atoms in total. The van der Waals surface area contributed by atoms with E-state index >= 15 is 0 Å². The molecular formula is C43H38N4. The van der Waals surface area contributed by atoms with Crippen molar-refractivity contribution in [1.82, 2.24) is 4.98 Å². The minimum Gasteiger partial charge on any atom is -0.402 e. The molecule has 0 spiro atoms. The zero-order valence-electron chi connectivity index (χ0n) is 26.7. The number of nitrogens with zero attached hydrogens (tertiary/aromatic N) is 1. The molecule has 0 aliphatic heterocycles. The van der Waals surface area contributed by atoms with E-state index < -0.39 is 0 Å². The van der Waals surface area contributed by atoms with Crippen LogP contribution < -0.4 is 16.8 Å². The van der Waals surface area contributed by atoms with Gasteiger partial charge in [-0.1, -0.05) is 116 Å². The molecule has 6 aromatic rings. The summed E-state index contributed by atoms with van der Waals surface area (Å²) in [6.07, 6.45) is 5.70. The van der Waals surface area contributed by atoms with Crippen LogP contribution in [0.4, 0.5) is 11.4 Å². The van der Waals surface area contributed by atoms with Crippen molar-refractivity contribution < 1.29 is 0 Å². The zero-order chi connectivity index (χ0) is 32.8. The highest BCUT2D eigenvalue weighted by Crippen LogP contribution is 2.33. The highest BCUT2D eigenvalue weighted by atomic mass is 14.8. The van der Waals surface area contributed by atoms with Gasteiger partial charge in [-0.25, -0.2) is 4.98 Å².